The maximum atomic E-state index is 11.4. The Kier molecular flexibility index (Phi) is 2.29. The molecular formula is C9H6Cl2O3. The Morgan fingerprint density at radius 3 is 2.79 bits per heavy atom. The van der Waals surface area contributed by atoms with Crippen molar-refractivity contribution in [2.45, 2.75) is 0 Å². The minimum atomic E-state index is -0.166. The van der Waals surface area contributed by atoms with E-state index < -0.39 is 0 Å². The molecule has 1 aromatic carbocycles. The van der Waals surface area contributed by atoms with Crippen LogP contribution in [0.1, 0.15) is 10.4 Å². The van der Waals surface area contributed by atoms with Crippen molar-refractivity contribution >= 4 is 29.0 Å². The molecular weight excluding hydrogens is 227 g/mol. The molecule has 0 atom stereocenters. The van der Waals surface area contributed by atoms with Gasteiger partial charge in [0.05, 0.1) is 17.2 Å². The van der Waals surface area contributed by atoms with Crippen molar-refractivity contribution in [1.82, 2.24) is 0 Å². The van der Waals surface area contributed by atoms with E-state index in [1.165, 1.54) is 13.2 Å². The molecule has 0 radical (unpaired) electrons. The molecule has 5 heteroatoms. The highest BCUT2D eigenvalue weighted by molar-refractivity contribution is 6.38. The van der Waals surface area contributed by atoms with Gasteiger partial charge in [-0.05, 0) is 6.07 Å². The summed E-state index contributed by atoms with van der Waals surface area (Å²) in [5.74, 6) is 0.521. The molecule has 1 aliphatic rings. The summed E-state index contributed by atoms with van der Waals surface area (Å²) in [6.07, 6.45) is 0. The van der Waals surface area contributed by atoms with Crippen LogP contribution in [0.3, 0.4) is 0 Å². The fourth-order valence-electron chi connectivity index (χ4n) is 1.39. The molecule has 0 unspecified atom stereocenters. The van der Waals surface area contributed by atoms with Gasteiger partial charge in [0.1, 0.15) is 5.56 Å². The predicted molar refractivity (Wildman–Crippen MR) is 52.8 cm³/mol. The Labute approximate surface area is 90.5 Å². The highest BCUT2D eigenvalue weighted by Crippen LogP contribution is 2.43. The number of hydrogen-bond acceptors (Lipinski definition) is 3. The fourth-order valence-corrected chi connectivity index (χ4v) is 1.98. The lowest BCUT2D eigenvalue weighted by atomic mass is 10.1. The maximum absolute atomic E-state index is 11.4. The van der Waals surface area contributed by atoms with Crippen LogP contribution < -0.4 is 9.47 Å². The Bertz CT molecular complexity index is 415. The summed E-state index contributed by atoms with van der Waals surface area (Å²) < 4.78 is 10.1. The molecule has 0 saturated heterocycles. The van der Waals surface area contributed by atoms with Gasteiger partial charge in [-0.3, -0.25) is 4.79 Å². The van der Waals surface area contributed by atoms with E-state index in [1.807, 2.05) is 0 Å². The first-order chi connectivity index (χ1) is 6.65. The van der Waals surface area contributed by atoms with Gasteiger partial charge in [0.2, 0.25) is 5.78 Å². The highest BCUT2D eigenvalue weighted by Gasteiger charge is 2.29. The van der Waals surface area contributed by atoms with E-state index in [0.29, 0.717) is 27.1 Å². The number of ether oxygens (including phenoxy) is 2. The average molecular weight is 233 g/mol. The van der Waals surface area contributed by atoms with Crippen LogP contribution in [0.25, 0.3) is 0 Å². The summed E-state index contributed by atoms with van der Waals surface area (Å²) in [4.78, 5) is 11.4. The van der Waals surface area contributed by atoms with Crippen LogP contribution in [0.5, 0.6) is 11.5 Å². The lowest BCUT2D eigenvalue weighted by molar-refractivity contribution is 0.0959. The predicted octanol–water partition coefficient (Wildman–Crippen LogP) is 2.58. The molecule has 0 N–H and O–H groups in total. The zero-order valence-electron chi connectivity index (χ0n) is 7.27. The minimum absolute atomic E-state index is 0.00818. The number of Topliss-reactive ketones (excluding diaryl/α,β-unsaturated/α-hetero) is 1. The first kappa shape index (κ1) is 9.62. The van der Waals surface area contributed by atoms with Gasteiger partial charge >= 0.3 is 0 Å². The summed E-state index contributed by atoms with van der Waals surface area (Å²) in [6, 6.07) is 1.50. The SMILES string of the molecule is COc1c(Cl)cc(Cl)c2c1C(=O)CO2. The van der Waals surface area contributed by atoms with Crippen molar-refractivity contribution in [3.63, 3.8) is 0 Å². The monoisotopic (exact) mass is 232 g/mol. The molecule has 1 aliphatic heterocycles. The van der Waals surface area contributed by atoms with Gasteiger partial charge in [0.25, 0.3) is 0 Å². The molecule has 0 saturated carbocycles. The summed E-state index contributed by atoms with van der Waals surface area (Å²) in [6.45, 7) is -0.00818. The number of rotatable bonds is 1. The maximum Gasteiger partial charge on any atom is 0.207 e. The number of carbonyl (C=O) groups excluding carboxylic acids is 1. The molecule has 14 heavy (non-hydrogen) atoms. The van der Waals surface area contributed by atoms with Gasteiger partial charge in [0.15, 0.2) is 18.1 Å². The number of methoxy groups -OCH3 is 1. The Balaban J connectivity index is 2.74. The highest BCUT2D eigenvalue weighted by atomic mass is 35.5. The fraction of sp³-hybridized carbons (Fsp3) is 0.222. The summed E-state index contributed by atoms with van der Waals surface area (Å²) in [7, 11) is 1.45. The third-order valence-electron chi connectivity index (χ3n) is 1.97. The third-order valence-corrected chi connectivity index (χ3v) is 2.53. The normalized spacial score (nSPS) is 13.8. The Morgan fingerprint density at radius 1 is 1.43 bits per heavy atom. The average Bonchev–Trinajstić information content (AvgIpc) is 2.50. The molecule has 0 amide bonds. The van der Waals surface area contributed by atoms with E-state index in [2.05, 4.69) is 0 Å². The molecule has 0 aliphatic carbocycles. The number of ketones is 1. The van der Waals surface area contributed by atoms with Crippen LogP contribution in [0.15, 0.2) is 6.07 Å². The third kappa shape index (κ3) is 1.24. The second-order valence-electron chi connectivity index (χ2n) is 2.79. The quantitative estimate of drug-likeness (QED) is 0.747. The summed E-state index contributed by atoms with van der Waals surface area (Å²) in [5.41, 5.74) is 0.338. The molecule has 3 nitrogen and oxygen atoms in total. The van der Waals surface area contributed by atoms with E-state index >= 15 is 0 Å². The lowest BCUT2D eigenvalue weighted by Gasteiger charge is -2.08. The van der Waals surface area contributed by atoms with Crippen molar-refractivity contribution in [1.29, 1.82) is 0 Å². The van der Waals surface area contributed by atoms with Crippen molar-refractivity contribution in [2.24, 2.45) is 0 Å². The standard InChI is InChI=1S/C9H6Cl2O3/c1-13-8-4(10)2-5(11)9-7(8)6(12)3-14-9/h2H,3H2,1H3. The molecule has 0 aromatic heterocycles. The molecule has 1 aromatic rings. The number of fused-ring (bicyclic) bond motifs is 1. The first-order valence-corrected chi connectivity index (χ1v) is 4.62. The topological polar surface area (TPSA) is 35.5 Å². The van der Waals surface area contributed by atoms with Crippen LogP contribution in [-0.2, 0) is 0 Å². The van der Waals surface area contributed by atoms with Crippen molar-refractivity contribution in [3.05, 3.63) is 21.7 Å². The number of halogens is 2. The molecule has 1 heterocycles. The van der Waals surface area contributed by atoms with E-state index in [0.717, 1.165) is 0 Å². The van der Waals surface area contributed by atoms with Gasteiger partial charge in [0, 0.05) is 0 Å². The van der Waals surface area contributed by atoms with Crippen LogP contribution in [0.4, 0.5) is 0 Å². The van der Waals surface area contributed by atoms with E-state index in [-0.39, 0.29) is 12.4 Å². The van der Waals surface area contributed by atoms with Gasteiger partial charge < -0.3 is 9.47 Å². The van der Waals surface area contributed by atoms with E-state index in [4.69, 9.17) is 32.7 Å². The smallest absolute Gasteiger partial charge is 0.207 e. The second-order valence-corrected chi connectivity index (χ2v) is 3.60. The zero-order chi connectivity index (χ0) is 10.3. The van der Waals surface area contributed by atoms with Crippen molar-refractivity contribution in [3.8, 4) is 11.5 Å². The van der Waals surface area contributed by atoms with Gasteiger partial charge in [-0.15, -0.1) is 0 Å². The molecule has 74 valence electrons. The van der Waals surface area contributed by atoms with Gasteiger partial charge in [-0.1, -0.05) is 23.2 Å². The number of carbonyl (C=O) groups is 1. The van der Waals surface area contributed by atoms with Gasteiger partial charge in [-0.2, -0.15) is 0 Å². The zero-order valence-corrected chi connectivity index (χ0v) is 8.78. The Morgan fingerprint density at radius 2 is 2.14 bits per heavy atom. The number of hydrogen-bond donors (Lipinski definition) is 0. The van der Waals surface area contributed by atoms with Crippen LogP contribution in [0, 0.1) is 0 Å². The second kappa shape index (κ2) is 3.33. The molecule has 0 spiro atoms. The molecule has 2 rings (SSSR count). The molecule has 0 bridgehead atoms. The molecule has 0 fully saturated rings. The van der Waals surface area contributed by atoms with Crippen LogP contribution >= 0.6 is 23.2 Å². The van der Waals surface area contributed by atoms with Crippen molar-refractivity contribution in [2.75, 3.05) is 13.7 Å². The Hall–Kier alpha value is -0.930. The summed E-state index contributed by atoms with van der Waals surface area (Å²) in [5, 5.41) is 0.645. The first-order valence-electron chi connectivity index (χ1n) is 3.87. The van der Waals surface area contributed by atoms with E-state index in [9.17, 15) is 4.79 Å². The van der Waals surface area contributed by atoms with E-state index in [1.54, 1.807) is 0 Å². The lowest BCUT2D eigenvalue weighted by Crippen LogP contribution is -2.01. The van der Waals surface area contributed by atoms with Crippen LogP contribution in [-0.4, -0.2) is 19.5 Å². The summed E-state index contributed by atoms with van der Waals surface area (Å²) >= 11 is 11.7. The largest absolute Gasteiger partial charge is 0.494 e. The number of benzene rings is 1. The van der Waals surface area contributed by atoms with Crippen molar-refractivity contribution < 1.29 is 14.3 Å². The van der Waals surface area contributed by atoms with Crippen LogP contribution in [0.2, 0.25) is 10.0 Å². The van der Waals surface area contributed by atoms with Gasteiger partial charge in [-0.25, -0.2) is 0 Å². The minimum Gasteiger partial charge on any atom is -0.494 e.